The second-order valence-electron chi connectivity index (χ2n) is 4.34. The van der Waals surface area contributed by atoms with E-state index in [1.54, 1.807) is 42.5 Å². The number of hydrogen-bond acceptors (Lipinski definition) is 2. The summed E-state index contributed by atoms with van der Waals surface area (Å²) >= 11 is 9.18. The summed E-state index contributed by atoms with van der Waals surface area (Å²) in [5.74, 6) is -1.31. The highest BCUT2D eigenvalue weighted by atomic mass is 79.9. The Labute approximate surface area is 134 Å². The predicted octanol–water partition coefficient (Wildman–Crippen LogP) is 3.98. The smallest absolute Gasteiger partial charge is 0.307 e. The minimum atomic E-state index is -0.956. The maximum Gasteiger partial charge on any atom is 0.307 e. The van der Waals surface area contributed by atoms with Gasteiger partial charge in [-0.1, -0.05) is 45.7 Å². The quantitative estimate of drug-likeness (QED) is 0.858. The van der Waals surface area contributed by atoms with E-state index < -0.39 is 5.97 Å². The van der Waals surface area contributed by atoms with Crippen LogP contribution in [0.1, 0.15) is 15.9 Å². The molecule has 4 nitrogen and oxygen atoms in total. The summed E-state index contributed by atoms with van der Waals surface area (Å²) in [7, 11) is 0. The van der Waals surface area contributed by atoms with Crippen LogP contribution in [0.4, 0.5) is 5.69 Å². The number of carboxylic acid groups (broad SMARTS) is 1. The third kappa shape index (κ3) is 4.31. The maximum absolute atomic E-state index is 12.2. The number of halogens is 2. The number of carboxylic acids is 1. The van der Waals surface area contributed by atoms with Crippen molar-refractivity contribution < 1.29 is 14.7 Å². The first-order valence-electron chi connectivity index (χ1n) is 6.03. The van der Waals surface area contributed by atoms with E-state index in [-0.39, 0.29) is 12.3 Å². The van der Waals surface area contributed by atoms with Crippen LogP contribution >= 0.6 is 27.5 Å². The molecule has 0 saturated heterocycles. The molecule has 1 amide bonds. The Morgan fingerprint density at radius 3 is 2.57 bits per heavy atom. The molecule has 0 unspecified atom stereocenters. The van der Waals surface area contributed by atoms with Gasteiger partial charge in [0, 0.05) is 20.7 Å². The van der Waals surface area contributed by atoms with E-state index in [1.165, 1.54) is 0 Å². The van der Waals surface area contributed by atoms with Crippen LogP contribution in [0.25, 0.3) is 0 Å². The number of benzene rings is 2. The molecule has 0 saturated carbocycles. The molecule has 0 aromatic heterocycles. The van der Waals surface area contributed by atoms with Crippen molar-refractivity contribution >= 4 is 45.1 Å². The molecule has 21 heavy (non-hydrogen) atoms. The number of rotatable bonds is 4. The number of carbonyl (C=O) groups is 2. The van der Waals surface area contributed by atoms with Crippen LogP contribution in [0.5, 0.6) is 0 Å². The van der Waals surface area contributed by atoms with Crippen LogP contribution in [-0.2, 0) is 11.2 Å². The Hall–Kier alpha value is -1.85. The molecule has 6 heteroatoms. The highest BCUT2D eigenvalue weighted by molar-refractivity contribution is 9.10. The van der Waals surface area contributed by atoms with E-state index in [4.69, 9.17) is 16.7 Å². The predicted molar refractivity (Wildman–Crippen MR) is 84.9 cm³/mol. The van der Waals surface area contributed by atoms with Crippen molar-refractivity contribution in [1.29, 1.82) is 0 Å². The molecule has 0 heterocycles. The zero-order chi connectivity index (χ0) is 15.4. The average molecular weight is 369 g/mol. The molecule has 0 atom stereocenters. The maximum atomic E-state index is 12.2. The van der Waals surface area contributed by atoms with Crippen LogP contribution in [0, 0.1) is 0 Å². The van der Waals surface area contributed by atoms with Crippen molar-refractivity contribution in [3.8, 4) is 0 Å². The van der Waals surface area contributed by atoms with Gasteiger partial charge in [0.2, 0.25) is 0 Å². The summed E-state index contributed by atoms with van der Waals surface area (Å²) in [6.45, 7) is 0. The minimum Gasteiger partial charge on any atom is -0.481 e. The summed E-state index contributed by atoms with van der Waals surface area (Å²) in [5.41, 5.74) is 1.40. The second-order valence-corrected chi connectivity index (χ2v) is 5.69. The molecule has 0 aliphatic heterocycles. The molecule has 0 fully saturated rings. The highest BCUT2D eigenvalue weighted by Crippen LogP contribution is 2.22. The number of aliphatic carboxylic acids is 1. The standard InChI is InChI=1S/C15H11BrClNO3/c16-11-5-10(6-12(17)8-11)15(21)18-13-4-2-1-3-9(13)7-14(19)20/h1-6,8H,7H2,(H,18,21)(H,19,20). The van der Waals surface area contributed by atoms with Gasteiger partial charge >= 0.3 is 5.97 Å². The molecule has 2 aromatic carbocycles. The lowest BCUT2D eigenvalue weighted by atomic mass is 10.1. The van der Waals surface area contributed by atoms with Gasteiger partial charge < -0.3 is 10.4 Å². The zero-order valence-corrected chi connectivity index (χ0v) is 13.1. The second kappa shape index (κ2) is 6.74. The topological polar surface area (TPSA) is 66.4 Å². The van der Waals surface area contributed by atoms with Gasteiger partial charge in [-0.3, -0.25) is 9.59 Å². The summed E-state index contributed by atoms with van der Waals surface area (Å²) in [6, 6.07) is 11.6. The molecule has 0 aliphatic carbocycles. The molecule has 2 N–H and O–H groups in total. The normalized spacial score (nSPS) is 10.2. The van der Waals surface area contributed by atoms with E-state index >= 15 is 0 Å². The number of para-hydroxylation sites is 1. The summed E-state index contributed by atoms with van der Waals surface area (Å²) in [6.07, 6.45) is -0.157. The lowest BCUT2D eigenvalue weighted by Crippen LogP contribution is -2.14. The van der Waals surface area contributed by atoms with Gasteiger partial charge in [0.05, 0.1) is 6.42 Å². The molecule has 0 aliphatic rings. The van der Waals surface area contributed by atoms with Crippen molar-refractivity contribution in [3.63, 3.8) is 0 Å². The molecular weight excluding hydrogens is 358 g/mol. The Morgan fingerprint density at radius 2 is 1.90 bits per heavy atom. The first-order valence-corrected chi connectivity index (χ1v) is 7.20. The van der Waals surface area contributed by atoms with E-state index in [0.29, 0.717) is 26.3 Å². The molecule has 0 spiro atoms. The number of nitrogens with one attached hydrogen (secondary N) is 1. The Kier molecular flexibility index (Phi) is 4.98. The first kappa shape index (κ1) is 15.5. The molecular formula is C15H11BrClNO3. The van der Waals surface area contributed by atoms with Gasteiger partial charge in [-0.05, 0) is 29.8 Å². The van der Waals surface area contributed by atoms with E-state index in [0.717, 1.165) is 0 Å². The highest BCUT2D eigenvalue weighted by Gasteiger charge is 2.12. The van der Waals surface area contributed by atoms with E-state index in [9.17, 15) is 9.59 Å². The molecule has 108 valence electrons. The van der Waals surface area contributed by atoms with Gasteiger partial charge in [-0.25, -0.2) is 0 Å². The van der Waals surface area contributed by atoms with Crippen LogP contribution in [0.15, 0.2) is 46.9 Å². The largest absolute Gasteiger partial charge is 0.481 e. The van der Waals surface area contributed by atoms with Crippen molar-refractivity contribution in [2.75, 3.05) is 5.32 Å². The molecule has 2 aromatic rings. The zero-order valence-electron chi connectivity index (χ0n) is 10.8. The molecule has 0 bridgehead atoms. The third-order valence-corrected chi connectivity index (χ3v) is 3.41. The van der Waals surface area contributed by atoms with Crippen LogP contribution in [0.3, 0.4) is 0 Å². The first-order chi connectivity index (χ1) is 9.95. The van der Waals surface area contributed by atoms with E-state index in [1.807, 2.05) is 0 Å². The third-order valence-electron chi connectivity index (χ3n) is 2.73. The Morgan fingerprint density at radius 1 is 1.19 bits per heavy atom. The summed E-state index contributed by atoms with van der Waals surface area (Å²) in [4.78, 5) is 23.0. The average Bonchev–Trinajstić information content (AvgIpc) is 2.39. The lowest BCUT2D eigenvalue weighted by Gasteiger charge is -2.10. The van der Waals surface area contributed by atoms with Crippen LogP contribution < -0.4 is 5.32 Å². The number of anilines is 1. The van der Waals surface area contributed by atoms with Crippen molar-refractivity contribution in [2.45, 2.75) is 6.42 Å². The van der Waals surface area contributed by atoms with Gasteiger partial charge in [-0.15, -0.1) is 0 Å². The van der Waals surface area contributed by atoms with Crippen molar-refractivity contribution in [1.82, 2.24) is 0 Å². The fourth-order valence-corrected chi connectivity index (χ4v) is 2.70. The lowest BCUT2D eigenvalue weighted by molar-refractivity contribution is -0.136. The number of hydrogen-bond donors (Lipinski definition) is 2. The monoisotopic (exact) mass is 367 g/mol. The van der Waals surface area contributed by atoms with Gasteiger partial charge in [-0.2, -0.15) is 0 Å². The van der Waals surface area contributed by atoms with Crippen molar-refractivity contribution in [3.05, 3.63) is 63.1 Å². The molecule has 2 rings (SSSR count). The Balaban J connectivity index is 2.25. The van der Waals surface area contributed by atoms with Crippen molar-refractivity contribution in [2.24, 2.45) is 0 Å². The van der Waals surface area contributed by atoms with E-state index in [2.05, 4.69) is 21.2 Å². The number of amides is 1. The van der Waals surface area contributed by atoms with Gasteiger partial charge in [0.1, 0.15) is 0 Å². The van der Waals surface area contributed by atoms with Crippen LogP contribution in [-0.4, -0.2) is 17.0 Å². The number of carbonyl (C=O) groups excluding carboxylic acids is 1. The summed E-state index contributed by atoms with van der Waals surface area (Å²) in [5, 5.41) is 12.0. The molecule has 0 radical (unpaired) electrons. The minimum absolute atomic E-state index is 0.157. The Bertz CT molecular complexity index is 683. The SMILES string of the molecule is O=C(O)Cc1ccccc1NC(=O)c1cc(Cl)cc(Br)c1. The van der Waals surface area contributed by atoms with Gasteiger partial charge in [0.15, 0.2) is 0 Å². The fourth-order valence-electron chi connectivity index (χ4n) is 1.84. The summed E-state index contributed by atoms with van der Waals surface area (Å²) < 4.78 is 0.693. The van der Waals surface area contributed by atoms with Crippen LogP contribution in [0.2, 0.25) is 5.02 Å². The van der Waals surface area contributed by atoms with Gasteiger partial charge in [0.25, 0.3) is 5.91 Å². The fraction of sp³-hybridized carbons (Fsp3) is 0.0667.